The number of likely N-dealkylation sites (tertiary alicyclic amines) is 1. The summed E-state index contributed by atoms with van der Waals surface area (Å²) in [5.74, 6) is 0.639. The van der Waals surface area contributed by atoms with E-state index in [0.717, 1.165) is 24.2 Å². The van der Waals surface area contributed by atoms with E-state index in [1.165, 1.54) is 12.1 Å². The summed E-state index contributed by atoms with van der Waals surface area (Å²) in [6.45, 7) is 0.653. The molecule has 4 rings (SSSR count). The van der Waals surface area contributed by atoms with Gasteiger partial charge >= 0.3 is 0 Å². The van der Waals surface area contributed by atoms with Gasteiger partial charge in [-0.05, 0) is 60.9 Å². The fourth-order valence-corrected chi connectivity index (χ4v) is 4.97. The molecule has 1 heterocycles. The SMILES string of the molecule is COc1cccc(C2CCCN2C(=O)c2cccc(NS(=O)(=O)c3ccccc3)c2)c1. The van der Waals surface area contributed by atoms with Crippen molar-refractivity contribution < 1.29 is 17.9 Å². The van der Waals surface area contributed by atoms with E-state index in [4.69, 9.17) is 4.74 Å². The van der Waals surface area contributed by atoms with Crippen molar-refractivity contribution in [3.8, 4) is 5.75 Å². The highest BCUT2D eigenvalue weighted by Gasteiger charge is 2.31. The maximum absolute atomic E-state index is 13.3. The highest BCUT2D eigenvalue weighted by atomic mass is 32.2. The van der Waals surface area contributed by atoms with Gasteiger partial charge in [-0.25, -0.2) is 8.42 Å². The first-order chi connectivity index (χ1) is 15.0. The Hall–Kier alpha value is -3.32. The Morgan fingerprint density at radius 3 is 2.55 bits per heavy atom. The first-order valence-electron chi connectivity index (χ1n) is 10.1. The van der Waals surface area contributed by atoms with E-state index < -0.39 is 10.0 Å². The van der Waals surface area contributed by atoms with Crippen LogP contribution in [0.15, 0.2) is 83.8 Å². The lowest BCUT2D eigenvalue weighted by atomic mass is 10.0. The highest BCUT2D eigenvalue weighted by Crippen LogP contribution is 2.34. The predicted octanol–water partition coefficient (Wildman–Crippen LogP) is 4.47. The summed E-state index contributed by atoms with van der Waals surface area (Å²) in [6, 6.07) is 22.5. The molecule has 0 bridgehead atoms. The Bertz CT molecular complexity index is 1180. The number of hydrogen-bond donors (Lipinski definition) is 1. The quantitative estimate of drug-likeness (QED) is 0.618. The number of nitrogens with zero attached hydrogens (tertiary/aromatic N) is 1. The molecule has 0 aliphatic carbocycles. The molecule has 0 aromatic heterocycles. The monoisotopic (exact) mass is 436 g/mol. The summed E-state index contributed by atoms with van der Waals surface area (Å²) in [5.41, 5.74) is 1.83. The minimum Gasteiger partial charge on any atom is -0.497 e. The maximum Gasteiger partial charge on any atom is 0.261 e. The van der Waals surface area contributed by atoms with E-state index in [2.05, 4.69) is 4.72 Å². The normalized spacial score (nSPS) is 16.2. The minimum absolute atomic E-state index is 0.0349. The van der Waals surface area contributed by atoms with Gasteiger partial charge in [0.05, 0.1) is 18.0 Å². The van der Waals surface area contributed by atoms with E-state index in [-0.39, 0.29) is 16.8 Å². The fourth-order valence-electron chi connectivity index (χ4n) is 3.90. The molecule has 0 saturated carbocycles. The molecular weight excluding hydrogens is 412 g/mol. The second-order valence-corrected chi connectivity index (χ2v) is 9.11. The average molecular weight is 437 g/mol. The molecule has 1 fully saturated rings. The molecule has 1 saturated heterocycles. The van der Waals surface area contributed by atoms with Crippen molar-refractivity contribution in [3.63, 3.8) is 0 Å². The molecule has 0 radical (unpaired) electrons. The van der Waals surface area contributed by atoms with E-state index in [1.807, 2.05) is 29.2 Å². The van der Waals surface area contributed by atoms with Crippen LogP contribution in [0.25, 0.3) is 0 Å². The zero-order valence-corrected chi connectivity index (χ0v) is 18.0. The maximum atomic E-state index is 13.3. The number of hydrogen-bond acceptors (Lipinski definition) is 4. The van der Waals surface area contributed by atoms with Crippen LogP contribution in [-0.4, -0.2) is 32.9 Å². The van der Waals surface area contributed by atoms with Gasteiger partial charge in [0.25, 0.3) is 15.9 Å². The summed E-state index contributed by atoms with van der Waals surface area (Å²) in [6.07, 6.45) is 1.78. The van der Waals surface area contributed by atoms with E-state index in [1.54, 1.807) is 49.6 Å². The minimum atomic E-state index is -3.73. The van der Waals surface area contributed by atoms with Crippen molar-refractivity contribution >= 4 is 21.6 Å². The Morgan fingerprint density at radius 1 is 1.00 bits per heavy atom. The number of ether oxygens (including phenoxy) is 1. The van der Waals surface area contributed by atoms with Gasteiger partial charge in [-0.15, -0.1) is 0 Å². The molecule has 3 aromatic rings. The number of methoxy groups -OCH3 is 1. The van der Waals surface area contributed by atoms with Gasteiger partial charge in [0.1, 0.15) is 5.75 Å². The standard InChI is InChI=1S/C24H24N2O4S/c1-30-21-11-6-8-18(17-21)23-14-7-15-26(23)24(27)19-9-5-10-20(16-19)25-31(28,29)22-12-3-2-4-13-22/h2-6,8-13,16-17,23,25H,7,14-15H2,1H3. The molecule has 1 N–H and O–H groups in total. The molecular formula is C24H24N2O4S. The lowest BCUT2D eigenvalue weighted by Gasteiger charge is -2.25. The number of amides is 1. The molecule has 6 nitrogen and oxygen atoms in total. The van der Waals surface area contributed by atoms with Crippen LogP contribution in [0.2, 0.25) is 0 Å². The third-order valence-electron chi connectivity index (χ3n) is 5.41. The van der Waals surface area contributed by atoms with Crippen LogP contribution in [0, 0.1) is 0 Å². The number of anilines is 1. The molecule has 160 valence electrons. The number of carbonyl (C=O) groups excluding carboxylic acids is 1. The van der Waals surface area contributed by atoms with Gasteiger partial charge in [-0.1, -0.05) is 36.4 Å². The van der Waals surface area contributed by atoms with Gasteiger partial charge in [0.2, 0.25) is 0 Å². The van der Waals surface area contributed by atoms with Crippen LogP contribution >= 0.6 is 0 Å². The molecule has 31 heavy (non-hydrogen) atoms. The van der Waals surface area contributed by atoms with E-state index in [9.17, 15) is 13.2 Å². The van der Waals surface area contributed by atoms with Gasteiger partial charge < -0.3 is 9.64 Å². The van der Waals surface area contributed by atoms with E-state index >= 15 is 0 Å². The lowest BCUT2D eigenvalue weighted by Crippen LogP contribution is -2.30. The van der Waals surface area contributed by atoms with Crippen LogP contribution in [0.4, 0.5) is 5.69 Å². The largest absolute Gasteiger partial charge is 0.497 e. The van der Waals surface area contributed by atoms with Crippen LogP contribution in [0.5, 0.6) is 5.75 Å². The van der Waals surface area contributed by atoms with Crippen molar-refractivity contribution in [2.75, 3.05) is 18.4 Å². The first kappa shape index (κ1) is 20.9. The summed E-state index contributed by atoms with van der Waals surface area (Å²) in [4.78, 5) is 15.3. The average Bonchev–Trinajstić information content (AvgIpc) is 3.29. The van der Waals surface area contributed by atoms with E-state index in [0.29, 0.717) is 17.8 Å². The highest BCUT2D eigenvalue weighted by molar-refractivity contribution is 7.92. The fraction of sp³-hybridized carbons (Fsp3) is 0.208. The van der Waals surface area contributed by atoms with Gasteiger partial charge in [0.15, 0.2) is 0 Å². The van der Waals surface area contributed by atoms with Gasteiger partial charge in [-0.2, -0.15) is 0 Å². The summed E-state index contributed by atoms with van der Waals surface area (Å²) >= 11 is 0. The topological polar surface area (TPSA) is 75.7 Å². The van der Waals surface area contributed by atoms with Crippen molar-refractivity contribution in [2.24, 2.45) is 0 Å². The van der Waals surface area contributed by atoms with Crippen LogP contribution in [0.3, 0.4) is 0 Å². The van der Waals surface area contributed by atoms with Crippen LogP contribution in [0.1, 0.15) is 34.8 Å². The number of rotatable bonds is 6. The zero-order valence-electron chi connectivity index (χ0n) is 17.2. The van der Waals surface area contributed by atoms with Gasteiger partial charge in [0, 0.05) is 17.8 Å². The Labute approximate surface area is 182 Å². The third kappa shape index (κ3) is 4.56. The molecule has 1 aliphatic rings. The zero-order chi connectivity index (χ0) is 21.8. The molecule has 1 atom stereocenters. The number of carbonyl (C=O) groups is 1. The van der Waals surface area contributed by atoms with Crippen molar-refractivity contribution in [1.29, 1.82) is 0 Å². The molecule has 1 amide bonds. The van der Waals surface area contributed by atoms with Gasteiger partial charge in [-0.3, -0.25) is 9.52 Å². The Morgan fingerprint density at radius 2 is 1.77 bits per heavy atom. The molecule has 1 aliphatic heterocycles. The smallest absolute Gasteiger partial charge is 0.261 e. The predicted molar refractivity (Wildman–Crippen MR) is 120 cm³/mol. The van der Waals surface area contributed by atoms with Crippen LogP contribution in [-0.2, 0) is 10.0 Å². The number of nitrogens with one attached hydrogen (secondary N) is 1. The van der Waals surface area contributed by atoms with Crippen molar-refractivity contribution in [2.45, 2.75) is 23.8 Å². The second-order valence-electron chi connectivity index (χ2n) is 7.43. The molecule has 0 spiro atoms. The Kier molecular flexibility index (Phi) is 5.95. The van der Waals surface area contributed by atoms with Crippen molar-refractivity contribution in [1.82, 2.24) is 4.90 Å². The lowest BCUT2D eigenvalue weighted by molar-refractivity contribution is 0.0735. The third-order valence-corrected chi connectivity index (χ3v) is 6.80. The van der Waals surface area contributed by atoms with Crippen LogP contribution < -0.4 is 9.46 Å². The summed E-state index contributed by atoms with van der Waals surface area (Å²) < 4.78 is 33.1. The summed E-state index contributed by atoms with van der Waals surface area (Å²) in [7, 11) is -2.10. The number of benzene rings is 3. The molecule has 7 heteroatoms. The molecule has 3 aromatic carbocycles. The first-order valence-corrected chi connectivity index (χ1v) is 11.6. The molecule has 1 unspecified atom stereocenters. The number of sulfonamides is 1. The Balaban J connectivity index is 1.56. The summed E-state index contributed by atoms with van der Waals surface area (Å²) in [5, 5.41) is 0. The van der Waals surface area contributed by atoms with Crippen molar-refractivity contribution in [3.05, 3.63) is 90.0 Å². The second kappa shape index (κ2) is 8.81.